The first kappa shape index (κ1) is 23.3. The van der Waals surface area contributed by atoms with Crippen LogP contribution in [-0.4, -0.2) is 80.2 Å². The van der Waals surface area contributed by atoms with E-state index in [2.05, 4.69) is 4.90 Å². The number of Topliss-reactive ketones (excluding diaryl/α,β-unsaturated/α-hetero) is 1. The first-order valence-corrected chi connectivity index (χ1v) is 11.8. The van der Waals surface area contributed by atoms with Gasteiger partial charge in [-0.05, 0) is 35.6 Å². The van der Waals surface area contributed by atoms with Crippen molar-refractivity contribution in [1.29, 1.82) is 0 Å². The second-order valence-corrected chi connectivity index (χ2v) is 8.84. The quantitative estimate of drug-likeness (QED) is 0.561. The molecule has 2 aliphatic heterocycles. The third-order valence-corrected chi connectivity index (χ3v) is 6.86. The molecular weight excluding hydrogens is 444 g/mol. The van der Waals surface area contributed by atoms with Crippen LogP contribution in [0.2, 0.25) is 0 Å². The number of ether oxygens (including phenoxy) is 3. The summed E-state index contributed by atoms with van der Waals surface area (Å²) in [6.07, 6.45) is 0.712. The lowest BCUT2D eigenvalue weighted by Crippen LogP contribution is -2.39. The van der Waals surface area contributed by atoms with Gasteiger partial charge < -0.3 is 24.2 Å². The highest BCUT2D eigenvalue weighted by molar-refractivity contribution is 7.12. The van der Waals surface area contributed by atoms with Crippen molar-refractivity contribution in [3.8, 4) is 11.5 Å². The van der Waals surface area contributed by atoms with Gasteiger partial charge in [0.05, 0.1) is 43.9 Å². The Labute approximate surface area is 197 Å². The Bertz CT molecular complexity index is 1030. The molecule has 1 amide bonds. The molecule has 3 heterocycles. The van der Waals surface area contributed by atoms with Crippen molar-refractivity contribution in [1.82, 2.24) is 9.80 Å². The monoisotopic (exact) mass is 472 g/mol. The maximum Gasteiger partial charge on any atom is 0.290 e. The molecule has 0 saturated carbocycles. The maximum atomic E-state index is 13.3. The molecular formula is C24H28N2O6S. The Morgan fingerprint density at radius 1 is 1.15 bits per heavy atom. The molecule has 0 unspecified atom stereocenters. The zero-order chi connectivity index (χ0) is 23.4. The minimum absolute atomic E-state index is 0.0982. The third kappa shape index (κ3) is 4.75. The van der Waals surface area contributed by atoms with Gasteiger partial charge in [0.2, 0.25) is 5.78 Å². The van der Waals surface area contributed by atoms with E-state index in [1.54, 1.807) is 47.7 Å². The van der Waals surface area contributed by atoms with Crippen molar-refractivity contribution < 1.29 is 28.9 Å². The average Bonchev–Trinajstić information content (AvgIpc) is 3.47. The van der Waals surface area contributed by atoms with E-state index >= 15 is 0 Å². The molecule has 1 aromatic heterocycles. The van der Waals surface area contributed by atoms with Crippen LogP contribution in [0.1, 0.15) is 27.7 Å². The summed E-state index contributed by atoms with van der Waals surface area (Å²) >= 11 is 1.28. The minimum atomic E-state index is -0.711. The number of rotatable bonds is 9. The number of carbonyl (C=O) groups is 2. The molecule has 2 aromatic rings. The molecule has 33 heavy (non-hydrogen) atoms. The summed E-state index contributed by atoms with van der Waals surface area (Å²) in [6.45, 7) is 4.34. The van der Waals surface area contributed by atoms with Crippen LogP contribution < -0.4 is 9.47 Å². The molecule has 2 aliphatic rings. The molecule has 1 saturated heterocycles. The van der Waals surface area contributed by atoms with Gasteiger partial charge in [-0.3, -0.25) is 14.5 Å². The Hall–Kier alpha value is -2.88. The predicted molar refractivity (Wildman–Crippen MR) is 124 cm³/mol. The fourth-order valence-corrected chi connectivity index (χ4v) is 4.99. The van der Waals surface area contributed by atoms with E-state index in [0.717, 1.165) is 19.6 Å². The van der Waals surface area contributed by atoms with Gasteiger partial charge in [-0.1, -0.05) is 12.1 Å². The summed E-state index contributed by atoms with van der Waals surface area (Å²) in [7, 11) is 3.08. The normalized spacial score (nSPS) is 19.3. The van der Waals surface area contributed by atoms with Crippen LogP contribution in [0.15, 0.2) is 47.0 Å². The van der Waals surface area contributed by atoms with Crippen LogP contribution in [0, 0.1) is 0 Å². The third-order valence-electron chi connectivity index (χ3n) is 5.99. The van der Waals surface area contributed by atoms with E-state index in [0.29, 0.717) is 48.1 Å². The SMILES string of the molecule is COc1ccc([C@@H]2C(C(=O)c3cccs3)=C(O)C(=O)N2CCCN2CCOCC2)cc1OC. The predicted octanol–water partition coefficient (Wildman–Crippen LogP) is 3.07. The number of ketones is 1. The van der Waals surface area contributed by atoms with Crippen LogP contribution in [0.4, 0.5) is 0 Å². The van der Waals surface area contributed by atoms with E-state index in [9.17, 15) is 14.7 Å². The lowest BCUT2D eigenvalue weighted by atomic mass is 9.95. The van der Waals surface area contributed by atoms with Crippen molar-refractivity contribution in [3.05, 3.63) is 57.5 Å². The highest BCUT2D eigenvalue weighted by Gasteiger charge is 2.44. The van der Waals surface area contributed by atoms with Crippen LogP contribution >= 0.6 is 11.3 Å². The molecule has 1 fully saturated rings. The number of benzene rings is 1. The number of carbonyl (C=O) groups excluding carboxylic acids is 2. The summed E-state index contributed by atoms with van der Waals surface area (Å²) in [5.74, 6) is -0.323. The largest absolute Gasteiger partial charge is 0.503 e. The van der Waals surface area contributed by atoms with Gasteiger partial charge in [0.1, 0.15) is 0 Å². The van der Waals surface area contributed by atoms with Crippen LogP contribution in [0.25, 0.3) is 0 Å². The Kier molecular flexibility index (Phi) is 7.32. The summed E-state index contributed by atoms with van der Waals surface area (Å²) in [6, 6.07) is 8.06. The van der Waals surface area contributed by atoms with Gasteiger partial charge in [0.15, 0.2) is 17.3 Å². The van der Waals surface area contributed by atoms with Crippen molar-refractivity contribution in [3.63, 3.8) is 0 Å². The molecule has 1 atom stereocenters. The van der Waals surface area contributed by atoms with Crippen LogP contribution in [0.3, 0.4) is 0 Å². The zero-order valence-electron chi connectivity index (χ0n) is 18.8. The number of aliphatic hydroxyl groups is 1. The van der Waals surface area contributed by atoms with Gasteiger partial charge in [0.25, 0.3) is 5.91 Å². The van der Waals surface area contributed by atoms with Crippen molar-refractivity contribution >= 4 is 23.0 Å². The summed E-state index contributed by atoms with van der Waals surface area (Å²) < 4.78 is 16.2. The van der Waals surface area contributed by atoms with E-state index < -0.39 is 17.7 Å². The Morgan fingerprint density at radius 2 is 1.91 bits per heavy atom. The molecule has 176 valence electrons. The number of hydrogen-bond acceptors (Lipinski definition) is 8. The van der Waals surface area contributed by atoms with Gasteiger partial charge in [-0.15, -0.1) is 11.3 Å². The van der Waals surface area contributed by atoms with Gasteiger partial charge >= 0.3 is 0 Å². The highest BCUT2D eigenvalue weighted by atomic mass is 32.1. The van der Waals surface area contributed by atoms with Crippen molar-refractivity contribution in [2.24, 2.45) is 0 Å². The van der Waals surface area contributed by atoms with E-state index in [1.807, 2.05) is 0 Å². The Morgan fingerprint density at radius 3 is 2.58 bits per heavy atom. The number of nitrogens with zero attached hydrogens (tertiary/aromatic N) is 2. The average molecular weight is 473 g/mol. The topological polar surface area (TPSA) is 88.5 Å². The molecule has 4 rings (SSSR count). The molecule has 0 spiro atoms. The first-order chi connectivity index (χ1) is 16.0. The van der Waals surface area contributed by atoms with Gasteiger partial charge in [-0.2, -0.15) is 0 Å². The molecule has 8 nitrogen and oxygen atoms in total. The van der Waals surface area contributed by atoms with E-state index in [1.165, 1.54) is 18.4 Å². The second-order valence-electron chi connectivity index (χ2n) is 7.89. The zero-order valence-corrected chi connectivity index (χ0v) is 19.6. The standard InChI is InChI=1S/C24H28N2O6S/c1-30-17-7-6-16(15-18(17)31-2)21-20(22(27)19-5-3-14-33-19)23(28)24(29)26(21)9-4-8-25-10-12-32-13-11-25/h3,5-7,14-15,21,28H,4,8-13H2,1-2H3/t21-/m1/s1. The van der Waals surface area contributed by atoms with Crippen molar-refractivity contribution in [2.45, 2.75) is 12.5 Å². The van der Waals surface area contributed by atoms with Crippen LogP contribution in [-0.2, 0) is 9.53 Å². The molecule has 0 aliphatic carbocycles. The summed E-state index contributed by atoms with van der Waals surface area (Å²) in [5.41, 5.74) is 0.775. The maximum absolute atomic E-state index is 13.3. The summed E-state index contributed by atoms with van der Waals surface area (Å²) in [5, 5.41) is 12.6. The smallest absolute Gasteiger partial charge is 0.290 e. The number of aliphatic hydroxyl groups excluding tert-OH is 1. The lowest BCUT2D eigenvalue weighted by molar-refractivity contribution is -0.129. The number of morpholine rings is 1. The number of amides is 1. The first-order valence-electron chi connectivity index (χ1n) is 10.9. The molecule has 9 heteroatoms. The Balaban J connectivity index is 1.65. The van der Waals surface area contributed by atoms with Crippen molar-refractivity contribution in [2.75, 3.05) is 53.6 Å². The minimum Gasteiger partial charge on any atom is -0.503 e. The van der Waals surface area contributed by atoms with E-state index in [4.69, 9.17) is 14.2 Å². The fourth-order valence-electron chi connectivity index (χ4n) is 4.32. The lowest BCUT2D eigenvalue weighted by Gasteiger charge is -2.30. The van der Waals surface area contributed by atoms with Gasteiger partial charge in [0, 0.05) is 26.2 Å². The molecule has 1 aromatic carbocycles. The molecule has 1 N–H and O–H groups in total. The summed E-state index contributed by atoms with van der Waals surface area (Å²) in [4.78, 5) is 30.8. The number of methoxy groups -OCH3 is 2. The highest BCUT2D eigenvalue weighted by Crippen LogP contribution is 2.42. The second kappa shape index (κ2) is 10.4. The van der Waals surface area contributed by atoms with Gasteiger partial charge in [-0.25, -0.2) is 0 Å². The number of hydrogen-bond donors (Lipinski definition) is 1. The van der Waals surface area contributed by atoms with Crippen LogP contribution in [0.5, 0.6) is 11.5 Å². The number of thiophene rings is 1. The van der Waals surface area contributed by atoms with E-state index in [-0.39, 0.29) is 11.4 Å². The molecule has 0 bridgehead atoms. The molecule has 0 radical (unpaired) electrons. The fraction of sp³-hybridized carbons (Fsp3) is 0.417.